The molecule has 3 heterocycles. The van der Waals surface area contributed by atoms with Gasteiger partial charge in [-0.1, -0.05) is 132 Å². The number of benzene rings is 4. The summed E-state index contributed by atoms with van der Waals surface area (Å²) in [6.07, 6.45) is 5.53. The maximum absolute atomic E-state index is 7.28. The van der Waals surface area contributed by atoms with Crippen LogP contribution in [0.15, 0.2) is 102 Å². The minimum atomic E-state index is -2.18. The third-order valence-electron chi connectivity index (χ3n) is 8.51. The van der Waals surface area contributed by atoms with Crippen molar-refractivity contribution < 1.29 is 32.7 Å². The van der Waals surface area contributed by atoms with Gasteiger partial charge >= 0.3 is 0 Å². The van der Waals surface area contributed by atoms with Gasteiger partial charge in [0, 0.05) is 52.1 Å². The monoisotopic (exact) mass is 844 g/mol. The third kappa shape index (κ3) is 8.01. The first-order chi connectivity index (χ1) is 25.8. The second kappa shape index (κ2) is 15.3. The zero-order chi connectivity index (χ0) is 39.9. The van der Waals surface area contributed by atoms with Crippen LogP contribution >= 0.6 is 0 Å². The normalized spacial score (nSPS) is 13.9. The van der Waals surface area contributed by atoms with Crippen molar-refractivity contribution in [3.05, 3.63) is 137 Å². The number of hydrogen-bond acceptors (Lipinski definition) is 3. The van der Waals surface area contributed by atoms with E-state index in [1.165, 1.54) is 46.8 Å². The van der Waals surface area contributed by atoms with Crippen molar-refractivity contribution in [2.75, 3.05) is 0 Å². The smallest absolute Gasteiger partial charge is 0.0774 e. The second-order valence-electron chi connectivity index (χ2n) is 14.4. The number of aromatic nitrogens is 3. The summed E-state index contributed by atoms with van der Waals surface area (Å²) >= 11 is 0. The van der Waals surface area contributed by atoms with E-state index < -0.39 is 13.7 Å². The number of imidazole rings is 1. The van der Waals surface area contributed by atoms with Gasteiger partial charge in [0.25, 0.3) is 0 Å². The van der Waals surface area contributed by atoms with Crippen LogP contribution in [0.4, 0.5) is 0 Å². The molecule has 259 valence electrons. The summed E-state index contributed by atoms with van der Waals surface area (Å²) in [5.74, 6) is 1.63. The number of hydrogen-bond donors (Lipinski definition) is 0. The molecule has 0 saturated heterocycles. The molecule has 0 spiro atoms. The standard InChI is InChI=1S/C32H35N2O.C13H12N.Ir/c1-20(2)23-11-10-12-24(21(3)4)30(23)34-28-14-9-8-13-27(28)33-31(34)26-19-35-29-16-15-22(17-25(26)29)18-32(5,6)7;1-10-3-6-12(7-4-10)13-8-5-11(2)9-14-13;/h8-17,20-21H,18H2,1-7H3;3-6,8-9H,1-2H3;/q2*-1;/i;1D3,2D3;. The predicted octanol–water partition coefficient (Wildman–Crippen LogP) is 12.2. The minimum Gasteiger partial charge on any atom is -0.557 e. The number of fused-ring (bicyclic) bond motifs is 2. The van der Waals surface area contributed by atoms with E-state index in [4.69, 9.17) is 17.6 Å². The van der Waals surface area contributed by atoms with Crippen LogP contribution in [0.3, 0.4) is 0 Å². The molecule has 4 aromatic carbocycles. The first kappa shape index (κ1) is 29.4. The summed E-state index contributed by atoms with van der Waals surface area (Å²) in [6, 6.07) is 32.0. The summed E-state index contributed by atoms with van der Waals surface area (Å²) in [7, 11) is 0. The van der Waals surface area contributed by atoms with Gasteiger partial charge in [0.05, 0.1) is 16.9 Å². The van der Waals surface area contributed by atoms with Gasteiger partial charge < -0.3 is 14.0 Å². The van der Waals surface area contributed by atoms with E-state index in [9.17, 15) is 0 Å². The van der Waals surface area contributed by atoms with Crippen molar-refractivity contribution in [2.45, 2.75) is 80.4 Å². The van der Waals surface area contributed by atoms with Crippen molar-refractivity contribution in [1.82, 2.24) is 14.5 Å². The molecule has 4 nitrogen and oxygen atoms in total. The van der Waals surface area contributed by atoms with Crippen molar-refractivity contribution in [3.8, 4) is 28.3 Å². The minimum absolute atomic E-state index is 0. The SMILES string of the molecule is CC(C)c1cccc(C(C)C)c1-n1c(-c2[c-]oc3ccc(CC(C)(C)C)cc23)nc2ccccc21.[2H]C([2H])([2H])c1c[c-]c(-c2ccc(C([2H])([2H])[2H])cn2)cc1.[Ir]. The second-order valence-corrected chi connectivity index (χ2v) is 14.4. The van der Waals surface area contributed by atoms with Gasteiger partial charge in [-0.3, -0.25) is 4.98 Å². The first-order valence-electron chi connectivity index (χ1n) is 19.8. The van der Waals surface area contributed by atoms with Crippen molar-refractivity contribution in [1.29, 1.82) is 0 Å². The van der Waals surface area contributed by atoms with Gasteiger partial charge in [-0.2, -0.15) is 0 Å². The zero-order valence-corrected chi connectivity index (χ0v) is 32.1. The first-order valence-corrected chi connectivity index (χ1v) is 16.8. The molecule has 3 aromatic heterocycles. The van der Waals surface area contributed by atoms with Gasteiger partial charge in [-0.05, 0) is 65.0 Å². The maximum Gasteiger partial charge on any atom is 0.0774 e. The summed E-state index contributed by atoms with van der Waals surface area (Å²) < 4.78 is 51.9. The molecule has 0 N–H and O–H groups in total. The Morgan fingerprint density at radius 1 is 0.840 bits per heavy atom. The van der Waals surface area contributed by atoms with Gasteiger partial charge in [0.2, 0.25) is 0 Å². The Morgan fingerprint density at radius 2 is 1.56 bits per heavy atom. The van der Waals surface area contributed by atoms with Crippen LogP contribution in [0.2, 0.25) is 0 Å². The molecule has 0 aliphatic carbocycles. The summed E-state index contributed by atoms with van der Waals surface area (Å²) in [5, 5.41) is 1.07. The Morgan fingerprint density at radius 3 is 2.18 bits per heavy atom. The molecule has 0 saturated carbocycles. The Labute approximate surface area is 319 Å². The molecule has 50 heavy (non-hydrogen) atoms. The van der Waals surface area contributed by atoms with Crippen LogP contribution in [0, 0.1) is 31.4 Å². The molecule has 0 fully saturated rings. The Balaban J connectivity index is 0.000000244. The van der Waals surface area contributed by atoms with E-state index in [1.54, 1.807) is 12.1 Å². The maximum atomic E-state index is 7.28. The molecule has 0 aliphatic rings. The summed E-state index contributed by atoms with van der Waals surface area (Å²) in [4.78, 5) is 9.23. The van der Waals surface area contributed by atoms with Crippen LogP contribution in [0.5, 0.6) is 0 Å². The van der Waals surface area contributed by atoms with E-state index in [0.717, 1.165) is 39.8 Å². The Hall–Kier alpha value is -4.31. The zero-order valence-electron chi connectivity index (χ0n) is 35.7. The fraction of sp³-hybridized carbons (Fsp3) is 0.289. The Bertz CT molecular complexity index is 2340. The average Bonchev–Trinajstić information content (AvgIpc) is 3.71. The van der Waals surface area contributed by atoms with Gasteiger partial charge in [0.1, 0.15) is 0 Å². The van der Waals surface area contributed by atoms with Crippen LogP contribution in [-0.2, 0) is 26.5 Å². The fourth-order valence-corrected chi connectivity index (χ4v) is 6.24. The fourth-order valence-electron chi connectivity index (χ4n) is 6.24. The summed E-state index contributed by atoms with van der Waals surface area (Å²) in [5.41, 5.74) is 10.8. The van der Waals surface area contributed by atoms with Crippen molar-refractivity contribution >= 4 is 22.0 Å². The van der Waals surface area contributed by atoms with E-state index in [1.807, 2.05) is 0 Å². The average molecular weight is 844 g/mol. The molecule has 5 heteroatoms. The number of pyridine rings is 1. The molecular formula is C45H47IrN3O-2. The number of aryl methyl sites for hydroxylation is 2. The van der Waals surface area contributed by atoms with Gasteiger partial charge in [-0.25, -0.2) is 0 Å². The number of nitrogens with zero attached hydrogens (tertiary/aromatic N) is 3. The van der Waals surface area contributed by atoms with Gasteiger partial charge in [0.15, 0.2) is 0 Å². The molecule has 0 unspecified atom stereocenters. The largest absolute Gasteiger partial charge is 0.557 e. The van der Waals surface area contributed by atoms with Gasteiger partial charge in [-0.15, -0.1) is 35.4 Å². The van der Waals surface area contributed by atoms with Crippen LogP contribution in [-0.4, -0.2) is 14.5 Å². The quantitative estimate of drug-likeness (QED) is 0.157. The summed E-state index contributed by atoms with van der Waals surface area (Å²) in [6.45, 7) is 11.5. The molecule has 7 rings (SSSR count). The topological polar surface area (TPSA) is 43.9 Å². The number of furan rings is 1. The molecular weight excluding hydrogens is 791 g/mol. The third-order valence-corrected chi connectivity index (χ3v) is 8.51. The van der Waals surface area contributed by atoms with E-state index in [0.29, 0.717) is 23.1 Å². The Kier molecular flexibility index (Phi) is 9.00. The molecule has 7 aromatic rings. The molecule has 0 bridgehead atoms. The molecule has 1 radical (unpaired) electrons. The molecule has 0 amide bonds. The molecule has 0 atom stereocenters. The van der Waals surface area contributed by atoms with Crippen LogP contribution in [0.25, 0.3) is 50.3 Å². The number of para-hydroxylation sites is 3. The van der Waals surface area contributed by atoms with Crippen LogP contribution < -0.4 is 0 Å². The van der Waals surface area contributed by atoms with Crippen molar-refractivity contribution in [2.24, 2.45) is 5.41 Å². The van der Waals surface area contributed by atoms with E-state index >= 15 is 0 Å². The van der Waals surface area contributed by atoms with E-state index in [2.05, 4.69) is 131 Å². The van der Waals surface area contributed by atoms with E-state index in [-0.39, 0.29) is 36.6 Å². The number of rotatable bonds is 6. The van der Waals surface area contributed by atoms with Crippen molar-refractivity contribution in [3.63, 3.8) is 0 Å². The predicted molar refractivity (Wildman–Crippen MR) is 204 cm³/mol. The molecule has 0 aliphatic heterocycles. The van der Waals surface area contributed by atoms with Crippen LogP contribution in [0.1, 0.15) is 96.3 Å².